The van der Waals surface area contributed by atoms with E-state index >= 15 is 0 Å². The number of nitrogens with one attached hydrogen (secondary N) is 1. The van der Waals surface area contributed by atoms with Crippen LogP contribution >= 0.6 is 0 Å². The first-order valence-electron chi connectivity index (χ1n) is 11.2. The van der Waals surface area contributed by atoms with Crippen LogP contribution in [0.4, 0.5) is 0 Å². The summed E-state index contributed by atoms with van der Waals surface area (Å²) in [5.74, 6) is 1.38. The first kappa shape index (κ1) is 18.5. The van der Waals surface area contributed by atoms with E-state index < -0.39 is 0 Å². The van der Waals surface area contributed by atoms with Crippen LogP contribution in [0.25, 0.3) is 0 Å². The molecule has 1 saturated heterocycles. The second kappa shape index (κ2) is 8.89. The molecular weight excluding hydrogens is 362 g/mol. The van der Waals surface area contributed by atoms with Crippen molar-refractivity contribution in [3.05, 3.63) is 59.1 Å². The lowest BCUT2D eigenvalue weighted by Gasteiger charge is -2.31. The molecule has 1 heterocycles. The third-order valence-electron chi connectivity index (χ3n) is 6.20. The molecule has 29 heavy (non-hydrogen) atoms. The molecule has 2 fully saturated rings. The van der Waals surface area contributed by atoms with Gasteiger partial charge in [0.1, 0.15) is 0 Å². The number of methoxy groups -OCH3 is 1. The number of carbonyl (C=O) groups is 1. The van der Waals surface area contributed by atoms with Gasteiger partial charge in [0, 0.05) is 23.9 Å². The molecule has 2 atom stereocenters. The fourth-order valence-corrected chi connectivity index (χ4v) is 4.71. The Labute approximate surface area is 175 Å². The molecule has 0 bridgehead atoms. The van der Waals surface area contributed by atoms with Crippen molar-refractivity contribution in [3.63, 3.8) is 0 Å². The lowest BCUT2D eigenvalue weighted by Crippen LogP contribution is -2.41. The molecule has 1 N–H and O–H groups in total. The molecule has 1 aliphatic heterocycles. The summed E-state index contributed by atoms with van der Waals surface area (Å²) in [5.41, 5.74) is 3.42. The number of amides is 1. The molecule has 2 aromatic carbocycles. The second-order valence-corrected chi connectivity index (χ2v) is 8.39. The Balaban J connectivity index is 1.57. The molecule has 0 aromatic heterocycles. The van der Waals surface area contributed by atoms with E-state index in [0.717, 1.165) is 31.2 Å². The van der Waals surface area contributed by atoms with Gasteiger partial charge in [-0.25, -0.2) is 0 Å². The van der Waals surface area contributed by atoms with Crippen LogP contribution in [0.15, 0.2) is 42.4 Å². The van der Waals surface area contributed by atoms with Gasteiger partial charge in [0.05, 0.1) is 14.6 Å². The Morgan fingerprint density at radius 2 is 2.03 bits per heavy atom. The van der Waals surface area contributed by atoms with Crippen LogP contribution in [-0.2, 0) is 11.2 Å². The maximum atomic E-state index is 12.6. The number of benzene rings is 2. The van der Waals surface area contributed by atoms with Crippen LogP contribution < -0.4 is 14.8 Å². The molecule has 1 saturated carbocycles. The fourth-order valence-electron chi connectivity index (χ4n) is 4.71. The van der Waals surface area contributed by atoms with Gasteiger partial charge >= 0.3 is 0 Å². The molecule has 1 amide bonds. The molecule has 4 heteroatoms. The van der Waals surface area contributed by atoms with E-state index in [2.05, 4.69) is 30.4 Å². The molecular formula is C25H31NO3. The molecule has 4 rings (SSSR count). The van der Waals surface area contributed by atoms with Gasteiger partial charge in [-0.15, -0.1) is 0 Å². The second-order valence-electron chi connectivity index (χ2n) is 8.39. The first-order valence-corrected chi connectivity index (χ1v) is 10.7. The van der Waals surface area contributed by atoms with E-state index in [1.165, 1.54) is 24.0 Å². The largest absolute Gasteiger partial charge is 0.493 e. The van der Waals surface area contributed by atoms with Gasteiger partial charge in [-0.2, -0.15) is 0 Å². The van der Waals surface area contributed by atoms with Gasteiger partial charge in [-0.3, -0.25) is 4.79 Å². The molecule has 1 aliphatic carbocycles. The third-order valence-corrected chi connectivity index (χ3v) is 6.20. The lowest BCUT2D eigenvalue weighted by molar-refractivity contribution is -0.126. The predicted octanol–water partition coefficient (Wildman–Crippen LogP) is 4.79. The van der Waals surface area contributed by atoms with Gasteiger partial charge in [-0.05, 0) is 57.1 Å². The van der Waals surface area contributed by atoms with Gasteiger partial charge in [0.15, 0.2) is 11.5 Å². The topological polar surface area (TPSA) is 47.6 Å². The first-order chi connectivity index (χ1) is 14.5. The summed E-state index contributed by atoms with van der Waals surface area (Å²) in [6.45, 7) is 2.66. The zero-order chi connectivity index (χ0) is 21.1. The fraction of sp³-hybridized carbons (Fsp3) is 0.480. The SMILES string of the molecule is [2H]c1ccc(C2CNC(=O)C(Cc3cccc(C)c3)C2)c(OC)c1OC1CCCC1. The van der Waals surface area contributed by atoms with Gasteiger partial charge in [0.25, 0.3) is 0 Å². The van der Waals surface area contributed by atoms with E-state index in [-0.39, 0.29) is 23.8 Å². The van der Waals surface area contributed by atoms with E-state index in [9.17, 15) is 4.79 Å². The van der Waals surface area contributed by atoms with Crippen molar-refractivity contribution in [2.75, 3.05) is 13.7 Å². The quantitative estimate of drug-likeness (QED) is 0.766. The van der Waals surface area contributed by atoms with E-state index in [1.54, 1.807) is 13.2 Å². The summed E-state index contributed by atoms with van der Waals surface area (Å²) in [6, 6.07) is 12.5. The van der Waals surface area contributed by atoms with Crippen molar-refractivity contribution in [2.45, 2.75) is 57.5 Å². The standard InChI is InChI=1S/C25H31NO3/c1-17-7-5-8-18(13-17)14-19-15-20(16-26-25(19)27)22-11-6-12-23(24(22)28-2)29-21-9-3-4-10-21/h5-8,11-13,19-21H,3-4,9-10,14-16H2,1-2H3,(H,26,27)/i12D. The van der Waals surface area contributed by atoms with Crippen molar-refractivity contribution in [3.8, 4) is 11.5 Å². The average Bonchev–Trinajstić information content (AvgIpc) is 3.24. The highest BCUT2D eigenvalue weighted by molar-refractivity contribution is 5.80. The van der Waals surface area contributed by atoms with Crippen LogP contribution in [-0.4, -0.2) is 25.7 Å². The minimum atomic E-state index is -0.0786. The zero-order valence-corrected chi connectivity index (χ0v) is 17.4. The average molecular weight is 395 g/mol. The van der Waals surface area contributed by atoms with E-state index in [1.807, 2.05) is 12.1 Å². The van der Waals surface area contributed by atoms with Gasteiger partial charge in [0.2, 0.25) is 5.91 Å². The number of rotatable bonds is 6. The van der Waals surface area contributed by atoms with Crippen molar-refractivity contribution in [1.82, 2.24) is 5.32 Å². The summed E-state index contributed by atoms with van der Waals surface area (Å²) in [6.07, 6.45) is 6.07. The molecule has 2 aromatic rings. The number of ether oxygens (including phenoxy) is 2. The van der Waals surface area contributed by atoms with Crippen LogP contribution in [0.5, 0.6) is 11.5 Å². The van der Waals surface area contributed by atoms with Gasteiger partial charge < -0.3 is 14.8 Å². The number of hydrogen-bond acceptors (Lipinski definition) is 3. The number of piperidine rings is 1. The number of para-hydroxylation sites is 1. The molecule has 0 radical (unpaired) electrons. The van der Waals surface area contributed by atoms with Crippen LogP contribution in [0.1, 0.15) is 56.1 Å². The maximum Gasteiger partial charge on any atom is 0.223 e. The number of carbonyl (C=O) groups excluding carboxylic acids is 1. The van der Waals surface area contributed by atoms with E-state index in [4.69, 9.17) is 10.8 Å². The van der Waals surface area contributed by atoms with Crippen LogP contribution in [0.3, 0.4) is 0 Å². The van der Waals surface area contributed by atoms with Gasteiger partial charge in [-0.1, -0.05) is 42.0 Å². The predicted molar refractivity (Wildman–Crippen MR) is 115 cm³/mol. The molecule has 2 unspecified atom stereocenters. The Kier molecular flexibility index (Phi) is 5.68. The monoisotopic (exact) mass is 394 g/mol. The summed E-state index contributed by atoms with van der Waals surface area (Å²) in [5, 5.41) is 3.09. The highest BCUT2D eigenvalue weighted by Crippen LogP contribution is 2.41. The number of hydrogen-bond donors (Lipinski definition) is 1. The third kappa shape index (κ3) is 4.58. The van der Waals surface area contributed by atoms with Crippen molar-refractivity contribution < 1.29 is 15.6 Å². The van der Waals surface area contributed by atoms with Crippen LogP contribution in [0, 0.1) is 12.8 Å². The number of aryl methyl sites for hydroxylation is 1. The van der Waals surface area contributed by atoms with Crippen molar-refractivity contribution >= 4 is 5.91 Å². The lowest BCUT2D eigenvalue weighted by atomic mass is 9.81. The summed E-state index contributed by atoms with van der Waals surface area (Å²) in [4.78, 5) is 12.6. The molecule has 2 aliphatic rings. The summed E-state index contributed by atoms with van der Waals surface area (Å²) < 4.78 is 20.3. The molecule has 0 spiro atoms. The minimum absolute atomic E-state index is 0.0786. The Hall–Kier alpha value is -2.49. The molecule has 4 nitrogen and oxygen atoms in total. The maximum absolute atomic E-state index is 12.6. The van der Waals surface area contributed by atoms with Crippen molar-refractivity contribution in [1.29, 1.82) is 0 Å². The van der Waals surface area contributed by atoms with Crippen LogP contribution in [0.2, 0.25) is 0 Å². The molecule has 154 valence electrons. The smallest absolute Gasteiger partial charge is 0.223 e. The zero-order valence-electron chi connectivity index (χ0n) is 18.4. The normalized spacial score (nSPS) is 22.8. The van der Waals surface area contributed by atoms with E-state index in [0.29, 0.717) is 24.1 Å². The summed E-state index contributed by atoms with van der Waals surface area (Å²) in [7, 11) is 1.64. The Bertz CT molecular complexity index is 907. The van der Waals surface area contributed by atoms with Crippen molar-refractivity contribution in [2.24, 2.45) is 5.92 Å². The minimum Gasteiger partial charge on any atom is -0.493 e. The highest BCUT2D eigenvalue weighted by Gasteiger charge is 2.32. The highest BCUT2D eigenvalue weighted by atomic mass is 16.5. The Morgan fingerprint density at radius 1 is 1.21 bits per heavy atom. The summed E-state index contributed by atoms with van der Waals surface area (Å²) >= 11 is 0. The Morgan fingerprint density at radius 3 is 2.79 bits per heavy atom.